The highest BCUT2D eigenvalue weighted by Gasteiger charge is 2.10. The van der Waals surface area contributed by atoms with Crippen molar-refractivity contribution in [2.75, 3.05) is 27.3 Å². The Kier molecular flexibility index (Phi) is 17.0. The van der Waals surface area contributed by atoms with Gasteiger partial charge >= 0.3 is 0 Å². The molecule has 0 aliphatic carbocycles. The van der Waals surface area contributed by atoms with Crippen LogP contribution in [-0.2, 0) is 9.53 Å². The molecule has 0 aliphatic heterocycles. The van der Waals surface area contributed by atoms with E-state index in [1.807, 2.05) is 0 Å². The van der Waals surface area contributed by atoms with Gasteiger partial charge < -0.3 is 14.7 Å². The van der Waals surface area contributed by atoms with E-state index in [1.165, 1.54) is 37.6 Å². The van der Waals surface area contributed by atoms with Crippen LogP contribution in [0.15, 0.2) is 23.3 Å². The Labute approximate surface area is 165 Å². The first-order valence-electron chi connectivity index (χ1n) is 9.89. The number of carbonyl (C=O) groups excluding carboxylic acids is 1. The largest absolute Gasteiger partial charge is 0.396 e. The molecule has 0 rings (SSSR count). The third-order valence-electron chi connectivity index (χ3n) is 4.51. The van der Waals surface area contributed by atoms with Gasteiger partial charge in [0.2, 0.25) is 5.91 Å². The number of rotatable bonds is 16. The number of carbonyl (C=O) groups is 1. The molecule has 0 aromatic rings. The van der Waals surface area contributed by atoms with Gasteiger partial charge in [0.25, 0.3) is 0 Å². The Morgan fingerprint density at radius 3 is 2.54 bits per heavy atom. The molecule has 1 atom stereocenters. The maximum Gasteiger partial charge on any atom is 0.222 e. The molecule has 0 unspecified atom stereocenters. The van der Waals surface area contributed by atoms with Crippen molar-refractivity contribution < 1.29 is 14.6 Å². The number of amides is 1. The minimum atomic E-state index is 0.0442. The van der Waals surface area contributed by atoms with Crippen LogP contribution >= 0.6 is 11.6 Å². The molecule has 0 aromatic carbocycles. The van der Waals surface area contributed by atoms with Crippen LogP contribution in [0.3, 0.4) is 0 Å². The van der Waals surface area contributed by atoms with Gasteiger partial charge in [-0.15, -0.1) is 0 Å². The number of hydrogen-bond acceptors (Lipinski definition) is 3. The lowest BCUT2D eigenvalue weighted by molar-refractivity contribution is -0.129. The summed E-state index contributed by atoms with van der Waals surface area (Å²) in [5, 5.41) is 8.95. The standard InChI is InChI=1S/C21H38ClNO3/c1-4-5-6-7-9-12-20(26-3)13-10-8-11-14-21(25)23(2)18-19(17-22)15-16-24/h8,10,17,20,24H,4-7,9,11-16,18H2,1-3H3/b10-8+,19-17-/t20-/m0/s1. The summed E-state index contributed by atoms with van der Waals surface area (Å²) in [4.78, 5) is 13.8. The van der Waals surface area contributed by atoms with Crippen LogP contribution < -0.4 is 0 Å². The minimum absolute atomic E-state index is 0.0442. The Hall–Kier alpha value is -0.840. The third-order valence-corrected chi connectivity index (χ3v) is 4.82. The van der Waals surface area contributed by atoms with Crippen LogP contribution in [0.5, 0.6) is 0 Å². The van der Waals surface area contributed by atoms with E-state index in [2.05, 4.69) is 19.1 Å². The summed E-state index contributed by atoms with van der Waals surface area (Å²) in [5.41, 5.74) is 2.31. The van der Waals surface area contributed by atoms with E-state index in [1.54, 1.807) is 19.1 Å². The molecule has 0 aromatic heterocycles. The number of methoxy groups -OCH3 is 1. The number of hydrogen-bond donors (Lipinski definition) is 1. The van der Waals surface area contributed by atoms with Crippen molar-refractivity contribution in [1.82, 2.24) is 4.90 Å². The zero-order chi connectivity index (χ0) is 19.6. The predicted octanol–water partition coefficient (Wildman–Crippen LogP) is 5.05. The quantitative estimate of drug-likeness (QED) is 0.297. The average molecular weight is 388 g/mol. The summed E-state index contributed by atoms with van der Waals surface area (Å²) in [7, 11) is 3.54. The lowest BCUT2D eigenvalue weighted by Gasteiger charge is -2.18. The molecule has 0 radical (unpaired) electrons. The number of halogens is 1. The molecule has 4 nitrogen and oxygen atoms in total. The summed E-state index contributed by atoms with van der Waals surface area (Å²) >= 11 is 5.71. The molecule has 1 amide bonds. The van der Waals surface area contributed by atoms with Crippen LogP contribution in [-0.4, -0.2) is 49.3 Å². The van der Waals surface area contributed by atoms with Crippen molar-refractivity contribution in [3.05, 3.63) is 23.3 Å². The maximum atomic E-state index is 12.1. The Morgan fingerprint density at radius 2 is 1.92 bits per heavy atom. The van der Waals surface area contributed by atoms with Crippen molar-refractivity contribution in [1.29, 1.82) is 0 Å². The zero-order valence-corrected chi connectivity index (χ0v) is 17.6. The molecule has 0 saturated carbocycles. The van der Waals surface area contributed by atoms with Crippen LogP contribution in [0.2, 0.25) is 0 Å². The number of allylic oxidation sites excluding steroid dienone is 1. The second kappa shape index (κ2) is 17.6. The van der Waals surface area contributed by atoms with E-state index >= 15 is 0 Å². The second-order valence-corrected chi connectivity index (χ2v) is 7.02. The van der Waals surface area contributed by atoms with E-state index in [-0.39, 0.29) is 18.6 Å². The first-order valence-corrected chi connectivity index (χ1v) is 10.3. The molecule has 152 valence electrons. The number of aliphatic hydroxyl groups excluding tert-OH is 1. The molecular formula is C21H38ClNO3. The van der Waals surface area contributed by atoms with Gasteiger partial charge in [-0.1, -0.05) is 62.8 Å². The molecule has 26 heavy (non-hydrogen) atoms. The molecule has 0 saturated heterocycles. The molecule has 0 spiro atoms. The zero-order valence-electron chi connectivity index (χ0n) is 16.9. The summed E-state index contributed by atoms with van der Waals surface area (Å²) < 4.78 is 5.54. The average Bonchev–Trinajstić information content (AvgIpc) is 2.65. The topological polar surface area (TPSA) is 49.8 Å². The first-order chi connectivity index (χ1) is 12.6. The van der Waals surface area contributed by atoms with Crippen molar-refractivity contribution in [2.24, 2.45) is 0 Å². The van der Waals surface area contributed by atoms with E-state index in [0.717, 1.165) is 24.8 Å². The number of likely N-dealkylation sites (N-methyl/N-ethyl adjacent to an activating group) is 1. The Bertz CT molecular complexity index is 410. The van der Waals surface area contributed by atoms with Gasteiger partial charge in [-0.25, -0.2) is 0 Å². The van der Waals surface area contributed by atoms with Crippen molar-refractivity contribution in [3.8, 4) is 0 Å². The fourth-order valence-electron chi connectivity index (χ4n) is 2.78. The molecule has 0 fully saturated rings. The highest BCUT2D eigenvalue weighted by atomic mass is 35.5. The third kappa shape index (κ3) is 13.4. The molecule has 0 heterocycles. The van der Waals surface area contributed by atoms with Crippen molar-refractivity contribution >= 4 is 17.5 Å². The summed E-state index contributed by atoms with van der Waals surface area (Å²) in [6.45, 7) is 2.74. The smallest absolute Gasteiger partial charge is 0.222 e. The summed E-state index contributed by atoms with van der Waals surface area (Å²) in [5.74, 6) is 0.0859. The van der Waals surface area contributed by atoms with E-state index < -0.39 is 0 Å². The minimum Gasteiger partial charge on any atom is -0.396 e. The second-order valence-electron chi connectivity index (χ2n) is 6.80. The maximum absolute atomic E-state index is 12.1. The fraction of sp³-hybridized carbons (Fsp3) is 0.762. The van der Waals surface area contributed by atoms with Crippen molar-refractivity contribution in [3.63, 3.8) is 0 Å². The SMILES string of the molecule is CCCCCCC[C@@H](C/C=C/CCC(=O)N(C)C/C(=C\Cl)CCO)OC. The van der Waals surface area contributed by atoms with Gasteiger partial charge in [-0.05, 0) is 31.3 Å². The monoisotopic (exact) mass is 387 g/mol. The van der Waals surface area contributed by atoms with Crippen LogP contribution in [0.1, 0.15) is 71.1 Å². The Balaban J connectivity index is 3.96. The number of nitrogens with zero attached hydrogens (tertiary/aromatic N) is 1. The normalized spacial score (nSPS) is 13.3. The van der Waals surface area contributed by atoms with Gasteiger partial charge in [0, 0.05) is 39.3 Å². The molecule has 5 heteroatoms. The first kappa shape index (κ1) is 25.2. The van der Waals surface area contributed by atoms with E-state index in [9.17, 15) is 4.79 Å². The van der Waals surface area contributed by atoms with Crippen molar-refractivity contribution in [2.45, 2.75) is 77.2 Å². The van der Waals surface area contributed by atoms with E-state index in [0.29, 0.717) is 19.4 Å². The van der Waals surface area contributed by atoms with Gasteiger partial charge in [0.15, 0.2) is 0 Å². The van der Waals surface area contributed by atoms with Gasteiger partial charge in [0.05, 0.1) is 6.10 Å². The number of ether oxygens (including phenoxy) is 1. The lowest BCUT2D eigenvalue weighted by atomic mass is 10.1. The predicted molar refractivity (Wildman–Crippen MR) is 110 cm³/mol. The van der Waals surface area contributed by atoms with Gasteiger partial charge in [-0.3, -0.25) is 4.79 Å². The van der Waals surface area contributed by atoms with Crippen LogP contribution in [0.4, 0.5) is 0 Å². The Morgan fingerprint density at radius 1 is 1.19 bits per heavy atom. The highest BCUT2D eigenvalue weighted by molar-refractivity contribution is 6.25. The van der Waals surface area contributed by atoms with Crippen LogP contribution in [0.25, 0.3) is 0 Å². The lowest BCUT2D eigenvalue weighted by Crippen LogP contribution is -2.28. The fourth-order valence-corrected chi connectivity index (χ4v) is 2.95. The van der Waals surface area contributed by atoms with Crippen LogP contribution in [0, 0.1) is 0 Å². The summed E-state index contributed by atoms with van der Waals surface area (Å²) in [6.07, 6.45) is 14.6. The number of aliphatic hydroxyl groups is 1. The molecule has 1 N–H and O–H groups in total. The highest BCUT2D eigenvalue weighted by Crippen LogP contribution is 2.12. The van der Waals surface area contributed by atoms with Gasteiger partial charge in [-0.2, -0.15) is 0 Å². The van der Waals surface area contributed by atoms with E-state index in [4.69, 9.17) is 21.4 Å². The molecule has 0 aliphatic rings. The summed E-state index contributed by atoms with van der Waals surface area (Å²) in [6, 6.07) is 0. The number of unbranched alkanes of at least 4 members (excludes halogenated alkanes) is 4. The molecular weight excluding hydrogens is 350 g/mol. The van der Waals surface area contributed by atoms with Gasteiger partial charge in [0.1, 0.15) is 0 Å². The molecule has 0 bridgehead atoms.